The lowest BCUT2D eigenvalue weighted by Crippen LogP contribution is -2.09. The van der Waals surface area contributed by atoms with Gasteiger partial charge in [0.2, 0.25) is 5.95 Å². The van der Waals surface area contributed by atoms with E-state index in [-0.39, 0.29) is 10.9 Å². The van der Waals surface area contributed by atoms with Crippen molar-refractivity contribution in [3.63, 3.8) is 0 Å². The van der Waals surface area contributed by atoms with Gasteiger partial charge in [-0.3, -0.25) is 0 Å². The summed E-state index contributed by atoms with van der Waals surface area (Å²) in [7, 11) is 0. The van der Waals surface area contributed by atoms with Gasteiger partial charge in [-0.1, -0.05) is 12.1 Å². The zero-order valence-electron chi connectivity index (χ0n) is 6.44. The second kappa shape index (κ2) is 2.55. The van der Waals surface area contributed by atoms with Crippen LogP contribution in [-0.4, -0.2) is 21.0 Å². The molecular formula is C8H5FN2O2. The van der Waals surface area contributed by atoms with Crippen LogP contribution in [0.2, 0.25) is 0 Å². The monoisotopic (exact) mass is 180 g/mol. The third-order valence-electron chi connectivity index (χ3n) is 1.72. The van der Waals surface area contributed by atoms with E-state index in [4.69, 9.17) is 5.11 Å². The van der Waals surface area contributed by atoms with Gasteiger partial charge in [0, 0.05) is 0 Å². The lowest BCUT2D eigenvalue weighted by molar-refractivity contribution is 0.193. The molecule has 0 saturated heterocycles. The first-order valence-corrected chi connectivity index (χ1v) is 3.56. The molecule has 0 radical (unpaired) electrons. The predicted molar refractivity (Wildman–Crippen MR) is 43.1 cm³/mol. The van der Waals surface area contributed by atoms with Crippen LogP contribution in [0.1, 0.15) is 0 Å². The van der Waals surface area contributed by atoms with Crippen LogP contribution in [0.4, 0.5) is 9.18 Å². The van der Waals surface area contributed by atoms with Gasteiger partial charge in [-0.05, 0) is 12.1 Å². The Bertz CT molecular complexity index is 478. The SMILES string of the molecule is O=C(O)n1nc(F)c2ccccc21. The molecule has 2 aromatic rings. The fraction of sp³-hybridized carbons (Fsp3) is 0. The standard InChI is InChI=1S/C8H5FN2O2/c9-7-5-3-1-2-4-6(5)11(10-7)8(12)13/h1-4H,(H,12,13). The molecule has 2 rings (SSSR count). The Hall–Kier alpha value is -1.91. The number of rotatable bonds is 0. The number of carbonyl (C=O) groups is 1. The van der Waals surface area contributed by atoms with Gasteiger partial charge in [-0.15, -0.1) is 5.10 Å². The third kappa shape index (κ3) is 1.05. The molecule has 0 spiro atoms. The fourth-order valence-electron chi connectivity index (χ4n) is 1.17. The fourth-order valence-corrected chi connectivity index (χ4v) is 1.17. The lowest BCUT2D eigenvalue weighted by atomic mass is 10.2. The van der Waals surface area contributed by atoms with Crippen LogP contribution in [0.15, 0.2) is 24.3 Å². The Balaban J connectivity index is 2.85. The summed E-state index contributed by atoms with van der Waals surface area (Å²) < 4.78 is 13.6. The van der Waals surface area contributed by atoms with Crippen LogP contribution >= 0.6 is 0 Å². The first kappa shape index (κ1) is 7.72. The van der Waals surface area contributed by atoms with Gasteiger partial charge in [-0.2, -0.15) is 9.07 Å². The van der Waals surface area contributed by atoms with E-state index in [1.54, 1.807) is 12.1 Å². The molecule has 0 fully saturated rings. The van der Waals surface area contributed by atoms with Crippen molar-refractivity contribution in [3.8, 4) is 0 Å². The van der Waals surface area contributed by atoms with Crippen molar-refractivity contribution in [2.45, 2.75) is 0 Å². The molecule has 0 amide bonds. The quantitative estimate of drug-likeness (QED) is 0.671. The van der Waals surface area contributed by atoms with Crippen LogP contribution in [0, 0.1) is 5.95 Å². The highest BCUT2D eigenvalue weighted by Crippen LogP contribution is 2.16. The minimum Gasteiger partial charge on any atom is -0.463 e. The third-order valence-corrected chi connectivity index (χ3v) is 1.72. The van der Waals surface area contributed by atoms with Crippen LogP contribution < -0.4 is 0 Å². The highest BCUT2D eigenvalue weighted by molar-refractivity contribution is 5.87. The van der Waals surface area contributed by atoms with Crippen molar-refractivity contribution >= 4 is 17.0 Å². The molecule has 1 N–H and O–H groups in total. The summed E-state index contributed by atoms with van der Waals surface area (Å²) in [5.74, 6) is -0.766. The summed E-state index contributed by atoms with van der Waals surface area (Å²) >= 11 is 0. The molecule has 4 nitrogen and oxygen atoms in total. The second-order valence-corrected chi connectivity index (χ2v) is 2.50. The van der Waals surface area contributed by atoms with E-state index in [9.17, 15) is 9.18 Å². The van der Waals surface area contributed by atoms with Crippen LogP contribution in [0.5, 0.6) is 0 Å². The average Bonchev–Trinajstić information content (AvgIpc) is 2.45. The molecule has 1 heterocycles. The average molecular weight is 180 g/mol. The van der Waals surface area contributed by atoms with Gasteiger partial charge in [0.05, 0.1) is 10.9 Å². The maximum Gasteiger partial charge on any atom is 0.432 e. The van der Waals surface area contributed by atoms with E-state index in [1.807, 2.05) is 0 Å². The molecule has 1 aromatic heterocycles. The Morgan fingerprint density at radius 3 is 2.85 bits per heavy atom. The normalized spacial score (nSPS) is 10.5. The predicted octanol–water partition coefficient (Wildman–Crippen LogP) is 1.70. The molecule has 0 aliphatic heterocycles. The number of nitrogens with zero attached hydrogens (tertiary/aromatic N) is 2. The number of para-hydroxylation sites is 1. The summed E-state index contributed by atoms with van der Waals surface area (Å²) in [6.45, 7) is 0. The maximum atomic E-state index is 13.0. The molecule has 5 heteroatoms. The number of hydrogen-bond donors (Lipinski definition) is 1. The van der Waals surface area contributed by atoms with E-state index in [0.717, 1.165) is 0 Å². The highest BCUT2D eigenvalue weighted by Gasteiger charge is 2.12. The first-order valence-electron chi connectivity index (χ1n) is 3.56. The molecule has 0 bridgehead atoms. The molecule has 13 heavy (non-hydrogen) atoms. The van der Waals surface area contributed by atoms with Gasteiger partial charge in [0.25, 0.3) is 0 Å². The zero-order valence-corrected chi connectivity index (χ0v) is 6.44. The minimum atomic E-state index is -1.29. The van der Waals surface area contributed by atoms with E-state index >= 15 is 0 Å². The molecule has 66 valence electrons. The molecule has 0 aliphatic carbocycles. The van der Waals surface area contributed by atoms with Crippen LogP contribution in [-0.2, 0) is 0 Å². The summed E-state index contributed by atoms with van der Waals surface area (Å²) in [5, 5.41) is 12.1. The highest BCUT2D eigenvalue weighted by atomic mass is 19.1. The van der Waals surface area contributed by atoms with Crippen LogP contribution in [0.25, 0.3) is 10.9 Å². The van der Waals surface area contributed by atoms with Crippen LogP contribution in [0.3, 0.4) is 0 Å². The Labute approximate surface area is 72.2 Å². The van der Waals surface area contributed by atoms with E-state index in [1.165, 1.54) is 12.1 Å². The van der Waals surface area contributed by atoms with Crippen molar-refractivity contribution < 1.29 is 14.3 Å². The molecule has 0 atom stereocenters. The number of hydrogen-bond acceptors (Lipinski definition) is 2. The summed E-state index contributed by atoms with van der Waals surface area (Å²) in [6.07, 6.45) is -1.29. The number of benzene rings is 1. The van der Waals surface area contributed by atoms with E-state index in [2.05, 4.69) is 5.10 Å². The van der Waals surface area contributed by atoms with Crippen molar-refractivity contribution in [1.82, 2.24) is 9.78 Å². The van der Waals surface area contributed by atoms with Crippen molar-refractivity contribution in [1.29, 1.82) is 0 Å². The summed E-state index contributed by atoms with van der Waals surface area (Å²) in [5.41, 5.74) is 0.257. The smallest absolute Gasteiger partial charge is 0.432 e. The zero-order chi connectivity index (χ0) is 9.42. The molecular weight excluding hydrogens is 175 g/mol. The minimum absolute atomic E-state index is 0.213. The van der Waals surface area contributed by atoms with E-state index < -0.39 is 12.0 Å². The largest absolute Gasteiger partial charge is 0.463 e. The Morgan fingerprint density at radius 1 is 1.46 bits per heavy atom. The number of fused-ring (bicyclic) bond motifs is 1. The molecule has 0 aliphatic rings. The lowest BCUT2D eigenvalue weighted by Gasteiger charge is -1.92. The van der Waals surface area contributed by atoms with Gasteiger partial charge in [0.1, 0.15) is 0 Å². The number of carboxylic acid groups (broad SMARTS) is 1. The molecule has 0 unspecified atom stereocenters. The van der Waals surface area contributed by atoms with Crippen molar-refractivity contribution in [2.24, 2.45) is 0 Å². The van der Waals surface area contributed by atoms with E-state index in [0.29, 0.717) is 4.68 Å². The van der Waals surface area contributed by atoms with Gasteiger partial charge in [-0.25, -0.2) is 4.79 Å². The first-order chi connectivity index (χ1) is 6.20. The number of aromatic nitrogens is 2. The molecule has 0 saturated carbocycles. The Morgan fingerprint density at radius 2 is 2.15 bits per heavy atom. The number of halogens is 1. The van der Waals surface area contributed by atoms with Gasteiger partial charge in [0.15, 0.2) is 0 Å². The summed E-state index contributed by atoms with van der Waals surface area (Å²) in [4.78, 5) is 10.6. The topological polar surface area (TPSA) is 55.1 Å². The van der Waals surface area contributed by atoms with Gasteiger partial charge < -0.3 is 5.11 Å². The maximum absolute atomic E-state index is 13.0. The second-order valence-electron chi connectivity index (χ2n) is 2.50. The van der Waals surface area contributed by atoms with Gasteiger partial charge >= 0.3 is 6.09 Å². The molecule has 1 aromatic carbocycles. The van der Waals surface area contributed by atoms with Crippen molar-refractivity contribution in [2.75, 3.05) is 0 Å². The Kier molecular flexibility index (Phi) is 1.51. The summed E-state index contributed by atoms with van der Waals surface area (Å²) in [6, 6.07) is 6.23. The van der Waals surface area contributed by atoms with Crippen molar-refractivity contribution in [3.05, 3.63) is 30.2 Å².